The molecule has 0 aliphatic carbocycles. The largest absolute Gasteiger partial charge is 0.436 e. The Morgan fingerprint density at radius 2 is 1.91 bits per heavy atom. The molecule has 1 heterocycles. The predicted molar refractivity (Wildman–Crippen MR) is 64.3 cm³/mol. The molecule has 0 bridgehead atoms. The lowest BCUT2D eigenvalue weighted by Crippen LogP contribution is -2.12. The van der Waals surface area contributed by atoms with Crippen LogP contribution in [0.15, 0.2) is 24.3 Å². The van der Waals surface area contributed by atoms with E-state index < -0.39 is 35.1 Å². The highest BCUT2D eigenvalue weighted by Gasteiger charge is 2.40. The number of esters is 1. The summed E-state index contributed by atoms with van der Waals surface area (Å²) < 4.78 is 56.4. The zero-order chi connectivity index (χ0) is 16.5. The third-order valence-electron chi connectivity index (χ3n) is 2.64. The molecule has 0 amide bonds. The van der Waals surface area contributed by atoms with Crippen LogP contribution in [-0.4, -0.2) is 15.7 Å². The van der Waals surface area contributed by atoms with E-state index in [4.69, 9.17) is 10.00 Å². The van der Waals surface area contributed by atoms with E-state index in [1.165, 1.54) is 6.07 Å². The second-order valence-electron chi connectivity index (χ2n) is 4.16. The molecular formula is C13H7F4N3O2. The smallest absolute Gasteiger partial charge is 0.403 e. The first-order valence-electron chi connectivity index (χ1n) is 5.76. The van der Waals surface area contributed by atoms with Gasteiger partial charge in [0, 0.05) is 7.05 Å². The van der Waals surface area contributed by atoms with Gasteiger partial charge in [0.05, 0.1) is 5.56 Å². The van der Waals surface area contributed by atoms with Gasteiger partial charge in [-0.05, 0) is 24.3 Å². The van der Waals surface area contributed by atoms with Crippen molar-refractivity contribution in [1.29, 1.82) is 5.26 Å². The number of rotatable bonds is 2. The van der Waals surface area contributed by atoms with Gasteiger partial charge in [0.25, 0.3) is 0 Å². The molecule has 2 aromatic rings. The van der Waals surface area contributed by atoms with Gasteiger partial charge in [-0.3, -0.25) is 0 Å². The van der Waals surface area contributed by atoms with Crippen LogP contribution in [-0.2, 0) is 13.2 Å². The maximum absolute atomic E-state index is 12.8. The first kappa shape index (κ1) is 15.5. The van der Waals surface area contributed by atoms with Crippen molar-refractivity contribution in [3.8, 4) is 11.9 Å². The number of nitrogens with zero attached hydrogens (tertiary/aromatic N) is 3. The number of aryl methyl sites for hydroxylation is 1. The van der Waals surface area contributed by atoms with E-state index >= 15 is 0 Å². The Morgan fingerprint density at radius 3 is 2.41 bits per heavy atom. The summed E-state index contributed by atoms with van der Waals surface area (Å²) in [6.07, 6.45) is -4.86. The molecular weight excluding hydrogens is 306 g/mol. The molecule has 9 heteroatoms. The van der Waals surface area contributed by atoms with Gasteiger partial charge in [0.2, 0.25) is 5.88 Å². The Balaban J connectivity index is 2.38. The Hall–Kier alpha value is -2.89. The first-order chi connectivity index (χ1) is 10.2. The Labute approximate surface area is 121 Å². The molecule has 5 nitrogen and oxygen atoms in total. The number of hydrogen-bond acceptors (Lipinski definition) is 4. The highest BCUT2D eigenvalue weighted by atomic mass is 19.4. The minimum absolute atomic E-state index is 0.0833. The number of hydrogen-bond donors (Lipinski definition) is 0. The zero-order valence-electron chi connectivity index (χ0n) is 11.0. The standard InChI is InChI=1S/C13H7F4N3O2/c1-20-11(9(6-18)10(19-20)13(15,16)17)22-12(21)7-2-4-8(14)5-3-7/h2-5H,1H3. The normalized spacial score (nSPS) is 11.1. The van der Waals surface area contributed by atoms with Crippen molar-refractivity contribution in [3.63, 3.8) is 0 Å². The number of halogens is 4. The second kappa shape index (κ2) is 5.48. The van der Waals surface area contributed by atoms with Crippen LogP contribution in [0.25, 0.3) is 0 Å². The molecule has 114 valence electrons. The SMILES string of the molecule is Cn1nc(C(F)(F)F)c(C#N)c1OC(=O)c1ccc(F)cc1. The number of carbonyl (C=O) groups excluding carboxylic acids is 1. The van der Waals surface area contributed by atoms with Gasteiger partial charge in [-0.25, -0.2) is 13.9 Å². The number of alkyl halides is 3. The maximum atomic E-state index is 12.8. The number of aromatic nitrogens is 2. The lowest BCUT2D eigenvalue weighted by molar-refractivity contribution is -0.141. The fraction of sp³-hybridized carbons (Fsp3) is 0.154. The van der Waals surface area contributed by atoms with Gasteiger partial charge in [0.15, 0.2) is 5.69 Å². The van der Waals surface area contributed by atoms with Gasteiger partial charge in [-0.2, -0.15) is 23.5 Å². The molecule has 1 aromatic carbocycles. The van der Waals surface area contributed by atoms with Gasteiger partial charge >= 0.3 is 12.1 Å². The number of ether oxygens (including phenoxy) is 1. The molecule has 0 fully saturated rings. The molecule has 0 N–H and O–H groups in total. The molecule has 0 saturated heterocycles. The summed E-state index contributed by atoms with van der Waals surface area (Å²) in [6, 6.07) is 5.51. The fourth-order valence-electron chi connectivity index (χ4n) is 1.66. The van der Waals surface area contributed by atoms with Crippen LogP contribution in [0, 0.1) is 17.1 Å². The van der Waals surface area contributed by atoms with Gasteiger partial charge < -0.3 is 4.74 Å². The minimum Gasteiger partial charge on any atom is -0.403 e. The highest BCUT2D eigenvalue weighted by molar-refractivity contribution is 5.91. The van der Waals surface area contributed by atoms with Crippen molar-refractivity contribution >= 4 is 5.97 Å². The van der Waals surface area contributed by atoms with E-state index in [1.807, 2.05) is 0 Å². The summed E-state index contributed by atoms with van der Waals surface area (Å²) in [4.78, 5) is 11.8. The quantitative estimate of drug-likeness (QED) is 0.631. The van der Waals surface area contributed by atoms with E-state index in [0.29, 0.717) is 4.68 Å². The maximum Gasteiger partial charge on any atom is 0.436 e. The van der Waals surface area contributed by atoms with Gasteiger partial charge in [-0.15, -0.1) is 0 Å². The summed E-state index contributed by atoms with van der Waals surface area (Å²) in [5, 5.41) is 12.0. The predicted octanol–water partition coefficient (Wildman–Crippen LogP) is 2.67. The average Bonchev–Trinajstić information content (AvgIpc) is 2.76. The van der Waals surface area contributed by atoms with Crippen LogP contribution in [0.3, 0.4) is 0 Å². The third-order valence-corrected chi connectivity index (χ3v) is 2.64. The van der Waals surface area contributed by atoms with E-state index in [9.17, 15) is 22.4 Å². The monoisotopic (exact) mass is 313 g/mol. The summed E-state index contributed by atoms with van der Waals surface area (Å²) in [5.41, 5.74) is -2.43. The average molecular weight is 313 g/mol. The minimum atomic E-state index is -4.86. The zero-order valence-corrected chi connectivity index (χ0v) is 11.0. The lowest BCUT2D eigenvalue weighted by Gasteiger charge is -2.05. The number of carbonyl (C=O) groups is 1. The second-order valence-corrected chi connectivity index (χ2v) is 4.16. The van der Waals surface area contributed by atoms with Crippen molar-refractivity contribution in [3.05, 3.63) is 46.9 Å². The Bertz CT molecular complexity index is 757. The number of benzene rings is 1. The summed E-state index contributed by atoms with van der Waals surface area (Å²) in [5.74, 6) is -2.26. The van der Waals surface area contributed by atoms with Crippen LogP contribution in [0.5, 0.6) is 5.88 Å². The van der Waals surface area contributed by atoms with Crippen LogP contribution >= 0.6 is 0 Å². The van der Waals surface area contributed by atoms with Crippen molar-refractivity contribution in [2.24, 2.45) is 7.05 Å². The molecule has 0 saturated carbocycles. The van der Waals surface area contributed by atoms with Crippen LogP contribution in [0.2, 0.25) is 0 Å². The Kier molecular flexibility index (Phi) is 3.86. The lowest BCUT2D eigenvalue weighted by atomic mass is 10.2. The topological polar surface area (TPSA) is 67.9 Å². The molecule has 0 unspecified atom stereocenters. The van der Waals surface area contributed by atoms with Crippen molar-refractivity contribution in [1.82, 2.24) is 9.78 Å². The summed E-state index contributed by atoms with van der Waals surface area (Å²) in [7, 11) is 1.10. The Morgan fingerprint density at radius 1 is 1.32 bits per heavy atom. The number of nitriles is 1. The third kappa shape index (κ3) is 2.90. The molecule has 2 rings (SSSR count). The molecule has 0 aliphatic heterocycles. The van der Waals surface area contributed by atoms with E-state index in [1.54, 1.807) is 0 Å². The van der Waals surface area contributed by atoms with Crippen LogP contribution < -0.4 is 4.74 Å². The van der Waals surface area contributed by atoms with Crippen molar-refractivity contribution in [2.75, 3.05) is 0 Å². The van der Waals surface area contributed by atoms with Gasteiger partial charge in [0.1, 0.15) is 17.4 Å². The molecule has 0 spiro atoms. The van der Waals surface area contributed by atoms with Crippen molar-refractivity contribution in [2.45, 2.75) is 6.18 Å². The van der Waals surface area contributed by atoms with Crippen molar-refractivity contribution < 1.29 is 27.1 Å². The molecule has 0 atom stereocenters. The molecule has 22 heavy (non-hydrogen) atoms. The van der Waals surface area contributed by atoms with Crippen LogP contribution in [0.4, 0.5) is 17.6 Å². The highest BCUT2D eigenvalue weighted by Crippen LogP contribution is 2.34. The fourth-order valence-corrected chi connectivity index (χ4v) is 1.66. The first-order valence-corrected chi connectivity index (χ1v) is 5.76. The molecule has 1 aromatic heterocycles. The molecule has 0 aliphatic rings. The van der Waals surface area contributed by atoms with Gasteiger partial charge in [-0.1, -0.05) is 0 Å². The summed E-state index contributed by atoms with van der Waals surface area (Å²) >= 11 is 0. The molecule has 0 radical (unpaired) electrons. The van der Waals surface area contributed by atoms with E-state index in [2.05, 4.69) is 5.10 Å². The summed E-state index contributed by atoms with van der Waals surface area (Å²) in [6.45, 7) is 0. The van der Waals surface area contributed by atoms with Crippen LogP contribution in [0.1, 0.15) is 21.6 Å². The van der Waals surface area contributed by atoms with E-state index in [0.717, 1.165) is 31.3 Å². The van der Waals surface area contributed by atoms with E-state index in [-0.39, 0.29) is 5.56 Å².